The Hall–Kier alpha value is -0.980. The molecule has 0 amide bonds. The predicted molar refractivity (Wildman–Crippen MR) is 44.7 cm³/mol. The van der Waals surface area contributed by atoms with Crippen molar-refractivity contribution in [1.29, 1.82) is 0 Å². The van der Waals surface area contributed by atoms with Gasteiger partial charge in [0.05, 0.1) is 0 Å². The number of allylic oxidation sites excluding steroid dienone is 5. The van der Waals surface area contributed by atoms with Crippen LogP contribution in [0, 0.1) is 0 Å². The summed E-state index contributed by atoms with van der Waals surface area (Å²) in [6, 6.07) is 0. The molecule has 0 unspecified atom stereocenters. The number of nitrogens with one attached hydrogen (secondary N) is 1. The Morgan fingerprint density at radius 1 is 1.50 bits per heavy atom. The van der Waals surface area contributed by atoms with Gasteiger partial charge in [0.1, 0.15) is 0 Å². The van der Waals surface area contributed by atoms with E-state index in [9.17, 15) is 0 Å². The van der Waals surface area contributed by atoms with Crippen molar-refractivity contribution in [3.63, 3.8) is 0 Å². The van der Waals surface area contributed by atoms with Crippen LogP contribution in [0.3, 0.4) is 0 Å². The molecule has 0 radical (unpaired) electrons. The van der Waals surface area contributed by atoms with Crippen molar-refractivity contribution in [2.75, 3.05) is 7.05 Å². The van der Waals surface area contributed by atoms with E-state index in [2.05, 4.69) is 31.3 Å². The first kappa shape index (κ1) is 7.13. The van der Waals surface area contributed by atoms with Crippen LogP contribution >= 0.6 is 0 Å². The quantitative estimate of drug-likeness (QED) is 0.610. The summed E-state index contributed by atoms with van der Waals surface area (Å²) in [6.07, 6.45) is 6.28. The Kier molecular flexibility index (Phi) is 1.95. The van der Waals surface area contributed by atoms with Gasteiger partial charge in [0.2, 0.25) is 0 Å². The summed E-state index contributed by atoms with van der Waals surface area (Å²) in [7, 11) is 1.92. The standard InChI is InChI=1S/C9H13N/c1-7-4-5-9(7)8(2)6-10-3/h4-6,10H,1-3H3. The van der Waals surface area contributed by atoms with E-state index in [1.165, 1.54) is 16.7 Å². The molecule has 0 atom stereocenters. The number of rotatable bonds is 2. The van der Waals surface area contributed by atoms with Crippen molar-refractivity contribution in [3.05, 3.63) is 35.1 Å². The van der Waals surface area contributed by atoms with E-state index in [0.717, 1.165) is 0 Å². The minimum absolute atomic E-state index is 1.31. The molecule has 0 spiro atoms. The molecule has 1 N–H and O–H groups in total. The van der Waals surface area contributed by atoms with Crippen molar-refractivity contribution in [2.24, 2.45) is 0 Å². The lowest BCUT2D eigenvalue weighted by atomic mass is 9.93. The van der Waals surface area contributed by atoms with Crippen molar-refractivity contribution in [2.45, 2.75) is 13.8 Å². The molecule has 0 bridgehead atoms. The Balaban J connectivity index is 2.60. The van der Waals surface area contributed by atoms with Gasteiger partial charge in [-0.05, 0) is 36.8 Å². The van der Waals surface area contributed by atoms with Gasteiger partial charge in [-0.3, -0.25) is 0 Å². The molecule has 1 nitrogen and oxygen atoms in total. The first-order valence-electron chi connectivity index (χ1n) is 3.49. The zero-order chi connectivity index (χ0) is 7.56. The molecule has 0 aromatic carbocycles. The SMILES string of the molecule is CNC=C(C)C1=CC=C1C. The van der Waals surface area contributed by atoms with E-state index < -0.39 is 0 Å². The normalized spacial score (nSPS) is 17.3. The summed E-state index contributed by atoms with van der Waals surface area (Å²) >= 11 is 0. The van der Waals surface area contributed by atoms with Gasteiger partial charge < -0.3 is 5.32 Å². The largest absolute Gasteiger partial charge is 0.394 e. The first-order chi connectivity index (χ1) is 4.75. The molecule has 0 aromatic heterocycles. The van der Waals surface area contributed by atoms with Gasteiger partial charge in [-0.1, -0.05) is 12.2 Å². The molecule has 0 aliphatic heterocycles. The fourth-order valence-corrected chi connectivity index (χ4v) is 1.07. The van der Waals surface area contributed by atoms with Gasteiger partial charge in [0.25, 0.3) is 0 Å². The Morgan fingerprint density at radius 2 is 2.20 bits per heavy atom. The third kappa shape index (κ3) is 1.13. The van der Waals surface area contributed by atoms with Crippen LogP contribution < -0.4 is 5.32 Å². The summed E-state index contributed by atoms with van der Waals surface area (Å²) in [5.41, 5.74) is 4.06. The maximum absolute atomic E-state index is 3.01. The Morgan fingerprint density at radius 3 is 2.50 bits per heavy atom. The van der Waals surface area contributed by atoms with Crippen LogP contribution in [0.5, 0.6) is 0 Å². The van der Waals surface area contributed by atoms with Gasteiger partial charge in [-0.15, -0.1) is 0 Å². The maximum atomic E-state index is 3.01. The van der Waals surface area contributed by atoms with Crippen LogP contribution in [-0.2, 0) is 0 Å². The van der Waals surface area contributed by atoms with Gasteiger partial charge in [0.15, 0.2) is 0 Å². The molecule has 0 saturated carbocycles. The second kappa shape index (κ2) is 2.74. The molecule has 1 aliphatic carbocycles. The molecule has 10 heavy (non-hydrogen) atoms. The lowest BCUT2D eigenvalue weighted by Crippen LogP contribution is -2.00. The first-order valence-corrected chi connectivity index (χ1v) is 3.49. The minimum atomic E-state index is 1.31. The molecule has 0 fully saturated rings. The summed E-state index contributed by atoms with van der Waals surface area (Å²) in [5.74, 6) is 0. The van der Waals surface area contributed by atoms with Crippen LogP contribution in [0.2, 0.25) is 0 Å². The van der Waals surface area contributed by atoms with E-state index in [1.54, 1.807) is 0 Å². The van der Waals surface area contributed by atoms with E-state index in [0.29, 0.717) is 0 Å². The fraction of sp³-hybridized carbons (Fsp3) is 0.333. The molecular formula is C9H13N. The second-order valence-corrected chi connectivity index (χ2v) is 2.55. The molecular weight excluding hydrogens is 122 g/mol. The summed E-state index contributed by atoms with van der Waals surface area (Å²) < 4.78 is 0. The highest BCUT2D eigenvalue weighted by molar-refractivity contribution is 5.54. The topological polar surface area (TPSA) is 12.0 Å². The third-order valence-electron chi connectivity index (χ3n) is 1.71. The van der Waals surface area contributed by atoms with E-state index in [-0.39, 0.29) is 0 Å². The Bertz CT molecular complexity index is 219. The van der Waals surface area contributed by atoms with Gasteiger partial charge >= 0.3 is 0 Å². The van der Waals surface area contributed by atoms with E-state index in [4.69, 9.17) is 0 Å². The molecule has 1 heteroatoms. The van der Waals surface area contributed by atoms with Crippen molar-refractivity contribution >= 4 is 0 Å². The van der Waals surface area contributed by atoms with Gasteiger partial charge in [-0.25, -0.2) is 0 Å². The van der Waals surface area contributed by atoms with Crippen LogP contribution in [0.25, 0.3) is 0 Å². The zero-order valence-corrected chi connectivity index (χ0v) is 6.73. The minimum Gasteiger partial charge on any atom is -0.394 e. The van der Waals surface area contributed by atoms with Crippen molar-refractivity contribution in [3.8, 4) is 0 Å². The molecule has 0 saturated heterocycles. The van der Waals surface area contributed by atoms with Crippen LogP contribution in [0.15, 0.2) is 35.1 Å². The summed E-state index contributed by atoms with van der Waals surface area (Å²) in [5, 5.41) is 3.01. The smallest absolute Gasteiger partial charge is 0.00278 e. The zero-order valence-electron chi connectivity index (χ0n) is 6.73. The summed E-state index contributed by atoms with van der Waals surface area (Å²) in [6.45, 7) is 4.24. The van der Waals surface area contributed by atoms with E-state index >= 15 is 0 Å². The van der Waals surface area contributed by atoms with Crippen molar-refractivity contribution < 1.29 is 0 Å². The van der Waals surface area contributed by atoms with Crippen LogP contribution in [0.4, 0.5) is 0 Å². The molecule has 0 aromatic rings. The van der Waals surface area contributed by atoms with E-state index in [1.807, 2.05) is 13.2 Å². The third-order valence-corrected chi connectivity index (χ3v) is 1.71. The molecule has 1 rings (SSSR count). The predicted octanol–water partition coefficient (Wildman–Crippen LogP) is 2.00. The fourth-order valence-electron chi connectivity index (χ4n) is 1.07. The summed E-state index contributed by atoms with van der Waals surface area (Å²) in [4.78, 5) is 0. The molecule has 0 heterocycles. The van der Waals surface area contributed by atoms with Gasteiger partial charge in [-0.2, -0.15) is 0 Å². The lowest BCUT2D eigenvalue weighted by molar-refractivity contribution is 1.07. The highest BCUT2D eigenvalue weighted by atomic mass is 14.8. The molecule has 1 aliphatic rings. The number of hydrogen-bond acceptors (Lipinski definition) is 1. The highest BCUT2D eigenvalue weighted by Crippen LogP contribution is 2.25. The van der Waals surface area contributed by atoms with Crippen LogP contribution in [0.1, 0.15) is 13.8 Å². The molecule has 54 valence electrons. The highest BCUT2D eigenvalue weighted by Gasteiger charge is 2.06. The van der Waals surface area contributed by atoms with Gasteiger partial charge in [0, 0.05) is 7.05 Å². The van der Waals surface area contributed by atoms with Crippen molar-refractivity contribution in [1.82, 2.24) is 5.32 Å². The monoisotopic (exact) mass is 135 g/mol. The Labute approximate surface area is 62.1 Å². The average molecular weight is 135 g/mol. The lowest BCUT2D eigenvalue weighted by Gasteiger charge is -2.14. The second-order valence-electron chi connectivity index (χ2n) is 2.55. The number of hydrogen-bond donors (Lipinski definition) is 1. The average Bonchev–Trinajstić information content (AvgIpc) is 1.85. The maximum Gasteiger partial charge on any atom is 0.00278 e. The van der Waals surface area contributed by atoms with Crippen LogP contribution in [-0.4, -0.2) is 7.05 Å².